The van der Waals surface area contributed by atoms with Crippen LogP contribution in [0.2, 0.25) is 0 Å². The van der Waals surface area contributed by atoms with Crippen molar-refractivity contribution < 1.29 is 14.3 Å². The second-order valence-corrected chi connectivity index (χ2v) is 4.61. The van der Waals surface area contributed by atoms with Crippen molar-refractivity contribution in [2.24, 2.45) is 5.73 Å². The van der Waals surface area contributed by atoms with Gasteiger partial charge in [-0.05, 0) is 27.2 Å². The third-order valence-electron chi connectivity index (χ3n) is 3.10. The second-order valence-electron chi connectivity index (χ2n) is 4.61. The Morgan fingerprint density at radius 3 is 2.62 bits per heavy atom. The summed E-state index contributed by atoms with van der Waals surface area (Å²) in [5.74, 6) is -0.153. The molecule has 1 saturated carbocycles. The number of nitrogens with one attached hydrogen (secondary N) is 1. The van der Waals surface area contributed by atoms with Gasteiger partial charge in [0.05, 0.1) is 12.1 Å². The van der Waals surface area contributed by atoms with Crippen LogP contribution < -0.4 is 11.1 Å². The zero-order chi connectivity index (χ0) is 12.3. The summed E-state index contributed by atoms with van der Waals surface area (Å²) in [5.41, 5.74) is 5.01. The number of hydrogen-bond acceptors (Lipinski definition) is 4. The highest BCUT2D eigenvalue weighted by molar-refractivity contribution is 5.84. The molecule has 1 aliphatic rings. The number of carbonyl (C=O) groups excluding carboxylic acids is 1. The monoisotopic (exact) mass is 230 g/mol. The molecule has 94 valence electrons. The van der Waals surface area contributed by atoms with Crippen molar-refractivity contribution in [3.63, 3.8) is 0 Å². The number of nitrogens with two attached hydrogens (primary N) is 1. The Balaban J connectivity index is 2.50. The van der Waals surface area contributed by atoms with E-state index in [1.165, 1.54) is 7.11 Å². The molecular weight excluding hydrogens is 208 g/mol. The van der Waals surface area contributed by atoms with Crippen LogP contribution in [-0.4, -0.2) is 43.4 Å². The molecule has 3 atom stereocenters. The first-order chi connectivity index (χ1) is 7.42. The Kier molecular flexibility index (Phi) is 4.29. The maximum Gasteiger partial charge on any atom is 0.252 e. The molecule has 0 aromatic heterocycles. The molecule has 0 radical (unpaired) electrons. The van der Waals surface area contributed by atoms with Gasteiger partial charge in [-0.2, -0.15) is 0 Å². The van der Waals surface area contributed by atoms with Gasteiger partial charge in [-0.25, -0.2) is 0 Å². The zero-order valence-electron chi connectivity index (χ0n) is 10.4. The molecule has 0 spiro atoms. The van der Waals surface area contributed by atoms with Gasteiger partial charge in [-0.1, -0.05) is 0 Å². The van der Waals surface area contributed by atoms with Crippen LogP contribution in [0.15, 0.2) is 0 Å². The van der Waals surface area contributed by atoms with E-state index in [-0.39, 0.29) is 24.1 Å². The van der Waals surface area contributed by atoms with Crippen LogP contribution in [0.4, 0.5) is 0 Å². The lowest BCUT2D eigenvalue weighted by Gasteiger charge is -2.43. The molecule has 0 heterocycles. The SMILES string of the molecule is CCOC1CC(N)C1NC(=O)C(C)(C)OC. The van der Waals surface area contributed by atoms with Crippen LogP contribution in [0.3, 0.4) is 0 Å². The summed E-state index contributed by atoms with van der Waals surface area (Å²) in [6, 6.07) is -0.116. The first-order valence-electron chi connectivity index (χ1n) is 5.65. The molecule has 5 heteroatoms. The minimum Gasteiger partial charge on any atom is -0.376 e. The Hall–Kier alpha value is -0.650. The molecule has 5 nitrogen and oxygen atoms in total. The lowest BCUT2D eigenvalue weighted by atomic mass is 9.83. The third-order valence-corrected chi connectivity index (χ3v) is 3.10. The molecule has 0 saturated heterocycles. The molecule has 0 aromatic rings. The summed E-state index contributed by atoms with van der Waals surface area (Å²) >= 11 is 0. The van der Waals surface area contributed by atoms with Crippen molar-refractivity contribution in [2.45, 2.75) is 51.0 Å². The van der Waals surface area contributed by atoms with Gasteiger partial charge in [0.15, 0.2) is 0 Å². The van der Waals surface area contributed by atoms with Gasteiger partial charge in [0, 0.05) is 19.8 Å². The highest BCUT2D eigenvalue weighted by Gasteiger charge is 2.42. The minimum absolute atomic E-state index is 0.0202. The minimum atomic E-state index is -0.827. The van der Waals surface area contributed by atoms with Crippen LogP contribution in [0.1, 0.15) is 27.2 Å². The van der Waals surface area contributed by atoms with Crippen LogP contribution in [-0.2, 0) is 14.3 Å². The van der Waals surface area contributed by atoms with Gasteiger partial charge in [0.25, 0.3) is 5.91 Å². The van der Waals surface area contributed by atoms with Crippen molar-refractivity contribution in [3.05, 3.63) is 0 Å². The van der Waals surface area contributed by atoms with Crippen LogP contribution in [0, 0.1) is 0 Å². The molecule has 3 unspecified atom stereocenters. The zero-order valence-corrected chi connectivity index (χ0v) is 10.4. The van der Waals surface area contributed by atoms with Crippen molar-refractivity contribution in [1.29, 1.82) is 0 Å². The van der Waals surface area contributed by atoms with Crippen LogP contribution in [0.5, 0.6) is 0 Å². The van der Waals surface area contributed by atoms with Crippen molar-refractivity contribution in [1.82, 2.24) is 5.32 Å². The summed E-state index contributed by atoms with van der Waals surface area (Å²) in [6.07, 6.45) is 0.836. The van der Waals surface area contributed by atoms with Crippen LogP contribution in [0.25, 0.3) is 0 Å². The van der Waals surface area contributed by atoms with Gasteiger partial charge in [-0.15, -0.1) is 0 Å². The summed E-state index contributed by atoms with van der Waals surface area (Å²) in [6.45, 7) is 6.02. The number of amides is 1. The van der Waals surface area contributed by atoms with E-state index in [1.54, 1.807) is 13.8 Å². The fraction of sp³-hybridized carbons (Fsp3) is 0.909. The summed E-state index contributed by atoms with van der Waals surface area (Å²) < 4.78 is 10.6. The van der Waals surface area contributed by atoms with E-state index in [1.807, 2.05) is 6.92 Å². The highest BCUT2D eigenvalue weighted by atomic mass is 16.5. The van der Waals surface area contributed by atoms with Gasteiger partial charge < -0.3 is 20.5 Å². The average Bonchev–Trinajstić information content (AvgIpc) is 2.25. The third kappa shape index (κ3) is 2.72. The summed E-state index contributed by atoms with van der Waals surface area (Å²) in [5, 5.41) is 2.88. The topological polar surface area (TPSA) is 73.6 Å². The number of carbonyl (C=O) groups is 1. The van der Waals surface area contributed by atoms with E-state index in [0.717, 1.165) is 6.42 Å². The Morgan fingerprint density at radius 1 is 1.56 bits per heavy atom. The molecule has 3 N–H and O–H groups in total. The lowest BCUT2D eigenvalue weighted by molar-refractivity contribution is -0.144. The maximum absolute atomic E-state index is 11.8. The molecule has 1 amide bonds. The predicted molar refractivity (Wildman–Crippen MR) is 61.0 cm³/mol. The highest BCUT2D eigenvalue weighted by Crippen LogP contribution is 2.23. The molecule has 0 aliphatic heterocycles. The standard InChI is InChI=1S/C11H22N2O3/c1-5-16-8-6-7(12)9(8)13-10(14)11(2,3)15-4/h7-9H,5-6,12H2,1-4H3,(H,13,14). The van der Waals surface area contributed by atoms with E-state index in [9.17, 15) is 4.79 Å². The van der Waals surface area contributed by atoms with E-state index in [4.69, 9.17) is 15.2 Å². The first-order valence-corrected chi connectivity index (χ1v) is 5.65. The van der Waals surface area contributed by atoms with Crippen molar-refractivity contribution in [2.75, 3.05) is 13.7 Å². The largest absolute Gasteiger partial charge is 0.376 e. The van der Waals surface area contributed by atoms with Crippen LogP contribution >= 0.6 is 0 Å². The number of hydrogen-bond donors (Lipinski definition) is 2. The van der Waals surface area contributed by atoms with E-state index in [0.29, 0.717) is 6.61 Å². The number of methoxy groups -OCH3 is 1. The Labute approximate surface area is 96.7 Å². The predicted octanol–water partition coefficient (Wildman–Crippen LogP) is 0.0323. The molecule has 0 aromatic carbocycles. The average molecular weight is 230 g/mol. The van der Waals surface area contributed by atoms with Gasteiger partial charge >= 0.3 is 0 Å². The van der Waals surface area contributed by atoms with Crippen molar-refractivity contribution in [3.8, 4) is 0 Å². The smallest absolute Gasteiger partial charge is 0.252 e. The van der Waals surface area contributed by atoms with E-state index < -0.39 is 5.60 Å². The fourth-order valence-electron chi connectivity index (χ4n) is 1.64. The number of ether oxygens (including phenoxy) is 2. The quantitative estimate of drug-likeness (QED) is 0.699. The van der Waals surface area contributed by atoms with E-state index in [2.05, 4.69) is 5.32 Å². The van der Waals surface area contributed by atoms with Crippen molar-refractivity contribution >= 4 is 5.91 Å². The molecule has 1 rings (SSSR count). The van der Waals surface area contributed by atoms with E-state index >= 15 is 0 Å². The fourth-order valence-corrected chi connectivity index (χ4v) is 1.64. The Morgan fingerprint density at radius 2 is 2.19 bits per heavy atom. The summed E-state index contributed by atoms with van der Waals surface area (Å²) in [4.78, 5) is 11.8. The summed E-state index contributed by atoms with van der Waals surface area (Å²) in [7, 11) is 1.51. The first kappa shape index (κ1) is 13.4. The molecule has 0 bridgehead atoms. The lowest BCUT2D eigenvalue weighted by Crippen LogP contribution is -2.66. The van der Waals surface area contributed by atoms with Gasteiger partial charge in [0.1, 0.15) is 5.60 Å². The second kappa shape index (κ2) is 5.12. The number of rotatable bonds is 5. The molecule has 16 heavy (non-hydrogen) atoms. The van der Waals surface area contributed by atoms with Gasteiger partial charge in [0.2, 0.25) is 0 Å². The molecule has 1 aliphatic carbocycles. The molecule has 1 fully saturated rings. The normalized spacial score (nSPS) is 29.7. The maximum atomic E-state index is 11.8. The Bertz CT molecular complexity index is 254. The van der Waals surface area contributed by atoms with Gasteiger partial charge in [-0.3, -0.25) is 4.79 Å². The molecular formula is C11H22N2O3.